The molecule has 0 aliphatic heterocycles. The zero-order valence-corrected chi connectivity index (χ0v) is 12.1. The van der Waals surface area contributed by atoms with Crippen molar-refractivity contribution in [2.75, 3.05) is 18.5 Å². The number of ether oxygens (including phenoxy) is 1. The summed E-state index contributed by atoms with van der Waals surface area (Å²) in [7, 11) is 0. The number of carbonyl (C=O) groups is 1. The second-order valence-electron chi connectivity index (χ2n) is 3.78. The van der Waals surface area contributed by atoms with Gasteiger partial charge in [0, 0.05) is 16.6 Å². The van der Waals surface area contributed by atoms with E-state index in [9.17, 15) is 4.79 Å². The fraction of sp³-hybridized carbons (Fsp3) is 0.333. The SMILES string of the molecule is CCCOCC(=O)Nc1cc(Br)ccc1/C(N)=N/O. The Kier molecular flexibility index (Phi) is 6.31. The molecule has 0 saturated heterocycles. The van der Waals surface area contributed by atoms with Gasteiger partial charge >= 0.3 is 0 Å². The molecule has 6 nitrogen and oxygen atoms in total. The second-order valence-corrected chi connectivity index (χ2v) is 4.69. The topological polar surface area (TPSA) is 96.9 Å². The Morgan fingerprint density at radius 3 is 2.95 bits per heavy atom. The summed E-state index contributed by atoms with van der Waals surface area (Å²) < 4.78 is 5.91. The second kappa shape index (κ2) is 7.75. The number of benzene rings is 1. The monoisotopic (exact) mass is 329 g/mol. The number of rotatable bonds is 6. The van der Waals surface area contributed by atoms with Crippen LogP contribution in [-0.4, -0.2) is 30.2 Å². The van der Waals surface area contributed by atoms with E-state index in [0.29, 0.717) is 17.9 Å². The number of amidine groups is 1. The van der Waals surface area contributed by atoms with Gasteiger partial charge in [0.15, 0.2) is 5.84 Å². The van der Waals surface area contributed by atoms with Crippen LogP contribution in [0.25, 0.3) is 0 Å². The van der Waals surface area contributed by atoms with Gasteiger partial charge in [0.05, 0.1) is 5.69 Å². The van der Waals surface area contributed by atoms with Crippen LogP contribution in [-0.2, 0) is 9.53 Å². The number of nitrogens with zero attached hydrogens (tertiary/aromatic N) is 1. The average molecular weight is 330 g/mol. The Hall–Kier alpha value is -1.60. The number of amides is 1. The summed E-state index contributed by atoms with van der Waals surface area (Å²) in [5.41, 5.74) is 6.44. The molecule has 0 unspecified atom stereocenters. The lowest BCUT2D eigenvalue weighted by Crippen LogP contribution is -2.22. The van der Waals surface area contributed by atoms with Crippen LogP contribution in [0.3, 0.4) is 0 Å². The molecule has 19 heavy (non-hydrogen) atoms. The first-order chi connectivity index (χ1) is 9.08. The molecule has 1 amide bonds. The molecule has 0 atom stereocenters. The molecular formula is C12H16BrN3O3. The molecule has 7 heteroatoms. The molecule has 104 valence electrons. The summed E-state index contributed by atoms with van der Waals surface area (Å²) >= 11 is 3.30. The maximum atomic E-state index is 11.7. The maximum absolute atomic E-state index is 11.7. The Morgan fingerprint density at radius 1 is 1.58 bits per heavy atom. The molecule has 1 aromatic rings. The van der Waals surface area contributed by atoms with Crippen LogP contribution in [0.5, 0.6) is 0 Å². The predicted octanol–water partition coefficient (Wildman–Crippen LogP) is 1.91. The van der Waals surface area contributed by atoms with Gasteiger partial charge in [-0.2, -0.15) is 0 Å². The first kappa shape index (κ1) is 15.5. The highest BCUT2D eigenvalue weighted by atomic mass is 79.9. The highest BCUT2D eigenvalue weighted by Gasteiger charge is 2.11. The van der Waals surface area contributed by atoms with E-state index in [1.807, 2.05) is 6.92 Å². The maximum Gasteiger partial charge on any atom is 0.250 e. The van der Waals surface area contributed by atoms with E-state index < -0.39 is 0 Å². The number of hydrogen-bond acceptors (Lipinski definition) is 4. The van der Waals surface area contributed by atoms with Crippen LogP contribution in [0.15, 0.2) is 27.8 Å². The van der Waals surface area contributed by atoms with Gasteiger partial charge in [-0.1, -0.05) is 28.0 Å². The molecule has 0 saturated carbocycles. The minimum Gasteiger partial charge on any atom is -0.409 e. The normalized spacial score (nSPS) is 11.4. The van der Waals surface area contributed by atoms with E-state index in [4.69, 9.17) is 15.7 Å². The minimum atomic E-state index is -0.293. The third kappa shape index (κ3) is 4.88. The zero-order valence-electron chi connectivity index (χ0n) is 10.5. The first-order valence-corrected chi connectivity index (χ1v) is 6.52. The van der Waals surface area contributed by atoms with Crippen molar-refractivity contribution in [3.8, 4) is 0 Å². The molecule has 1 rings (SSSR count). The van der Waals surface area contributed by atoms with Crippen molar-refractivity contribution in [3.63, 3.8) is 0 Å². The molecule has 0 fully saturated rings. The van der Waals surface area contributed by atoms with Crippen molar-refractivity contribution in [3.05, 3.63) is 28.2 Å². The van der Waals surface area contributed by atoms with E-state index in [1.165, 1.54) is 0 Å². The van der Waals surface area contributed by atoms with Gasteiger partial charge in [-0.3, -0.25) is 4.79 Å². The summed E-state index contributed by atoms with van der Waals surface area (Å²) in [5, 5.41) is 14.3. The number of anilines is 1. The minimum absolute atomic E-state index is 0.0318. The number of nitrogens with two attached hydrogens (primary N) is 1. The van der Waals surface area contributed by atoms with Gasteiger partial charge in [0.2, 0.25) is 5.91 Å². The molecular weight excluding hydrogens is 314 g/mol. The smallest absolute Gasteiger partial charge is 0.250 e. The highest BCUT2D eigenvalue weighted by Crippen LogP contribution is 2.21. The van der Waals surface area contributed by atoms with Crippen molar-refractivity contribution in [1.82, 2.24) is 0 Å². The number of halogens is 1. The van der Waals surface area contributed by atoms with Crippen molar-refractivity contribution < 1.29 is 14.7 Å². The molecule has 0 heterocycles. The lowest BCUT2D eigenvalue weighted by molar-refractivity contribution is -0.120. The van der Waals surface area contributed by atoms with Crippen LogP contribution >= 0.6 is 15.9 Å². The van der Waals surface area contributed by atoms with Crippen molar-refractivity contribution in [2.45, 2.75) is 13.3 Å². The molecule has 0 spiro atoms. The number of oxime groups is 1. The van der Waals surface area contributed by atoms with Gasteiger partial charge in [-0.05, 0) is 24.6 Å². The average Bonchev–Trinajstić information content (AvgIpc) is 2.38. The lowest BCUT2D eigenvalue weighted by atomic mass is 10.1. The van der Waals surface area contributed by atoms with Crippen molar-refractivity contribution in [2.24, 2.45) is 10.9 Å². The third-order valence-electron chi connectivity index (χ3n) is 2.22. The van der Waals surface area contributed by atoms with Crippen molar-refractivity contribution >= 4 is 33.4 Å². The Balaban J connectivity index is 2.81. The van der Waals surface area contributed by atoms with Crippen LogP contribution < -0.4 is 11.1 Å². The third-order valence-corrected chi connectivity index (χ3v) is 2.71. The largest absolute Gasteiger partial charge is 0.409 e. The van der Waals surface area contributed by atoms with Crippen LogP contribution in [0.1, 0.15) is 18.9 Å². The predicted molar refractivity (Wildman–Crippen MR) is 76.4 cm³/mol. The van der Waals surface area contributed by atoms with Crippen LogP contribution in [0, 0.1) is 0 Å². The van der Waals surface area contributed by atoms with Gasteiger partial charge in [-0.25, -0.2) is 0 Å². The molecule has 0 bridgehead atoms. The van der Waals surface area contributed by atoms with Crippen molar-refractivity contribution in [1.29, 1.82) is 0 Å². The van der Waals surface area contributed by atoms with Gasteiger partial charge < -0.3 is 21.0 Å². The van der Waals surface area contributed by atoms with Gasteiger partial charge in [0.1, 0.15) is 6.61 Å². The molecule has 0 radical (unpaired) electrons. The highest BCUT2D eigenvalue weighted by molar-refractivity contribution is 9.10. The van der Waals surface area contributed by atoms with E-state index in [-0.39, 0.29) is 18.3 Å². The Bertz CT molecular complexity index is 477. The summed E-state index contributed by atoms with van der Waals surface area (Å²) in [6.45, 7) is 2.46. The number of carbonyl (C=O) groups excluding carboxylic acids is 1. The number of nitrogens with one attached hydrogen (secondary N) is 1. The van der Waals surface area contributed by atoms with Gasteiger partial charge in [-0.15, -0.1) is 0 Å². The Labute approximate surface area is 119 Å². The zero-order chi connectivity index (χ0) is 14.3. The van der Waals surface area contributed by atoms with E-state index >= 15 is 0 Å². The standard InChI is InChI=1S/C12H16BrN3O3/c1-2-5-19-7-11(17)15-10-6-8(13)3-4-9(10)12(14)16-18/h3-4,6,18H,2,5,7H2,1H3,(H2,14,16)(H,15,17). The molecule has 0 aliphatic rings. The molecule has 0 aliphatic carbocycles. The van der Waals surface area contributed by atoms with E-state index in [2.05, 4.69) is 26.4 Å². The lowest BCUT2D eigenvalue weighted by Gasteiger charge is -2.11. The molecule has 0 aromatic heterocycles. The quantitative estimate of drug-likeness (QED) is 0.244. The van der Waals surface area contributed by atoms with E-state index in [1.54, 1.807) is 18.2 Å². The summed E-state index contributed by atoms with van der Waals surface area (Å²) in [5.74, 6) is -0.365. The van der Waals surface area contributed by atoms with Crippen LogP contribution in [0.4, 0.5) is 5.69 Å². The van der Waals surface area contributed by atoms with Gasteiger partial charge in [0.25, 0.3) is 0 Å². The Morgan fingerprint density at radius 2 is 2.32 bits per heavy atom. The van der Waals surface area contributed by atoms with E-state index in [0.717, 1.165) is 10.9 Å². The summed E-state index contributed by atoms with van der Waals surface area (Å²) in [6.07, 6.45) is 0.847. The fourth-order valence-corrected chi connectivity index (χ4v) is 1.75. The number of hydrogen-bond donors (Lipinski definition) is 3. The molecule has 4 N–H and O–H groups in total. The fourth-order valence-electron chi connectivity index (χ4n) is 1.39. The first-order valence-electron chi connectivity index (χ1n) is 5.73. The summed E-state index contributed by atoms with van der Waals surface area (Å²) in [6, 6.07) is 5.04. The summed E-state index contributed by atoms with van der Waals surface area (Å²) in [4.78, 5) is 11.7. The van der Waals surface area contributed by atoms with Crippen LogP contribution in [0.2, 0.25) is 0 Å². The molecule has 1 aromatic carbocycles.